The Kier molecular flexibility index (Phi) is 6.17. The van der Waals surface area contributed by atoms with Crippen LogP contribution in [0.25, 0.3) is 32.9 Å². The Balaban J connectivity index is 1.24. The standard InChI is InChI=1S/C34H33F2N5O3/c1-2-27(43)40-11-9-34(14-21(34)17-40)31-26-16-37-29(25-13-23(42)12-20-6-3-4-7-24(20)25)28(36)30(26)38-32(39-31)44-19-33-8-5-10-41(33)18-22(35)15-33/h2-4,6-7,12-13,16,21-22,42H,1,5,8-11,14-15,17-19H2/t21?,22-,33+,34?/m1/s1. The normalized spacial score (nSPS) is 27.8. The molecule has 1 saturated carbocycles. The van der Waals surface area contributed by atoms with Gasteiger partial charge in [-0.1, -0.05) is 30.8 Å². The summed E-state index contributed by atoms with van der Waals surface area (Å²) in [5.41, 5.74) is 0.566. The molecule has 8 rings (SSSR count). The molecule has 2 aromatic carbocycles. The van der Waals surface area contributed by atoms with Gasteiger partial charge in [-0.15, -0.1) is 0 Å². The second kappa shape index (κ2) is 9.92. The number of ether oxygens (including phenoxy) is 1. The first kappa shape index (κ1) is 27.4. The Labute approximate surface area is 253 Å². The summed E-state index contributed by atoms with van der Waals surface area (Å²) < 4.78 is 37.4. The summed E-state index contributed by atoms with van der Waals surface area (Å²) in [4.78, 5) is 30.4. The predicted molar refractivity (Wildman–Crippen MR) is 162 cm³/mol. The lowest BCUT2D eigenvalue weighted by Crippen LogP contribution is -2.43. The molecule has 0 bridgehead atoms. The number of phenols is 1. The van der Waals surface area contributed by atoms with Crippen LogP contribution in [0.15, 0.2) is 55.3 Å². The van der Waals surface area contributed by atoms with Crippen molar-refractivity contribution in [2.75, 3.05) is 32.8 Å². The van der Waals surface area contributed by atoms with E-state index in [1.807, 2.05) is 24.3 Å². The average Bonchev–Trinajstić information content (AvgIpc) is 3.52. The number of carbonyl (C=O) groups excluding carboxylic acids is 1. The number of amides is 1. The third kappa shape index (κ3) is 4.17. The molecule has 44 heavy (non-hydrogen) atoms. The molecule has 8 nitrogen and oxygen atoms in total. The molecule has 3 aliphatic heterocycles. The van der Waals surface area contributed by atoms with E-state index in [0.717, 1.165) is 36.6 Å². The van der Waals surface area contributed by atoms with Crippen LogP contribution in [0.2, 0.25) is 0 Å². The maximum absolute atomic E-state index is 16.7. The average molecular weight is 598 g/mol. The molecular weight excluding hydrogens is 564 g/mol. The van der Waals surface area contributed by atoms with Crippen LogP contribution >= 0.6 is 0 Å². The van der Waals surface area contributed by atoms with Crippen LogP contribution in [0.5, 0.6) is 11.8 Å². The monoisotopic (exact) mass is 597 g/mol. The van der Waals surface area contributed by atoms with Crippen LogP contribution in [-0.2, 0) is 10.2 Å². The number of alkyl halides is 1. The van der Waals surface area contributed by atoms with Crippen LogP contribution in [-0.4, -0.2) is 80.3 Å². The minimum Gasteiger partial charge on any atom is -0.508 e. The number of nitrogens with zero attached hydrogens (tertiary/aromatic N) is 5. The molecule has 1 aliphatic carbocycles. The van der Waals surface area contributed by atoms with Crippen molar-refractivity contribution in [3.05, 3.63) is 66.8 Å². The number of hydrogen-bond donors (Lipinski definition) is 1. The van der Waals surface area contributed by atoms with E-state index in [1.54, 1.807) is 17.2 Å². The summed E-state index contributed by atoms with van der Waals surface area (Å²) in [5.74, 6) is -0.545. The van der Waals surface area contributed by atoms with E-state index in [1.165, 1.54) is 12.1 Å². The molecule has 226 valence electrons. The number of piperidine rings is 1. The van der Waals surface area contributed by atoms with Crippen LogP contribution in [0.1, 0.15) is 37.8 Å². The van der Waals surface area contributed by atoms with Crippen molar-refractivity contribution in [2.45, 2.75) is 49.2 Å². The van der Waals surface area contributed by atoms with Gasteiger partial charge in [-0.25, -0.2) is 8.78 Å². The summed E-state index contributed by atoms with van der Waals surface area (Å²) in [5, 5.41) is 12.5. The molecule has 5 heterocycles. The van der Waals surface area contributed by atoms with Crippen molar-refractivity contribution in [3.63, 3.8) is 0 Å². The Morgan fingerprint density at radius 1 is 1.14 bits per heavy atom. The molecule has 4 fully saturated rings. The first-order chi connectivity index (χ1) is 21.3. The van der Waals surface area contributed by atoms with Crippen LogP contribution in [0.3, 0.4) is 0 Å². The van der Waals surface area contributed by atoms with Gasteiger partial charge in [-0.2, -0.15) is 9.97 Å². The van der Waals surface area contributed by atoms with Gasteiger partial charge >= 0.3 is 6.01 Å². The van der Waals surface area contributed by atoms with Gasteiger partial charge in [0.15, 0.2) is 5.82 Å². The van der Waals surface area contributed by atoms with Crippen molar-refractivity contribution < 1.29 is 23.4 Å². The SMILES string of the molecule is C=CC(=O)N1CCC2(c3nc(OC[C@@]45CCCN4C[C@H](F)C5)nc4c(F)c(-c5cc(O)cc6ccccc56)ncc34)CC2C1. The number of pyridine rings is 1. The van der Waals surface area contributed by atoms with Crippen LogP contribution in [0, 0.1) is 11.7 Å². The molecule has 10 heteroatoms. The summed E-state index contributed by atoms with van der Waals surface area (Å²) in [6.07, 6.45) is 5.76. The summed E-state index contributed by atoms with van der Waals surface area (Å²) >= 11 is 0. The molecule has 1 N–H and O–H groups in total. The van der Waals surface area contributed by atoms with Gasteiger partial charge in [0, 0.05) is 48.6 Å². The smallest absolute Gasteiger partial charge is 0.317 e. The lowest BCUT2D eigenvalue weighted by molar-refractivity contribution is -0.127. The van der Waals surface area contributed by atoms with Gasteiger partial charge < -0.3 is 14.7 Å². The second-order valence-electron chi connectivity index (χ2n) is 12.9. The van der Waals surface area contributed by atoms with Gasteiger partial charge in [0.2, 0.25) is 5.91 Å². The Bertz CT molecular complexity index is 1850. The number of benzene rings is 2. The molecule has 0 radical (unpaired) electrons. The van der Waals surface area contributed by atoms with Gasteiger partial charge in [-0.3, -0.25) is 14.7 Å². The predicted octanol–water partition coefficient (Wildman–Crippen LogP) is 5.32. The zero-order valence-corrected chi connectivity index (χ0v) is 24.3. The van der Waals surface area contributed by atoms with Crippen LogP contribution in [0.4, 0.5) is 8.78 Å². The minimum absolute atomic E-state index is 0.0102. The molecule has 1 amide bonds. The Morgan fingerprint density at radius 3 is 2.84 bits per heavy atom. The highest BCUT2D eigenvalue weighted by Gasteiger charge is 2.60. The van der Waals surface area contributed by atoms with Crippen molar-refractivity contribution in [1.29, 1.82) is 0 Å². The summed E-state index contributed by atoms with van der Waals surface area (Å²) in [6, 6.07) is 10.7. The summed E-state index contributed by atoms with van der Waals surface area (Å²) in [7, 11) is 0. The quantitative estimate of drug-likeness (QED) is 0.301. The highest BCUT2D eigenvalue weighted by molar-refractivity contribution is 5.99. The number of likely N-dealkylation sites (tertiary alicyclic amines) is 1. The van der Waals surface area contributed by atoms with Crippen molar-refractivity contribution >= 4 is 27.6 Å². The first-order valence-corrected chi connectivity index (χ1v) is 15.3. The number of aromatic hydroxyl groups is 1. The number of fused-ring (bicyclic) bond motifs is 4. The lowest BCUT2D eigenvalue weighted by atomic mass is 9.89. The van der Waals surface area contributed by atoms with E-state index in [2.05, 4.69) is 21.4 Å². The van der Waals surface area contributed by atoms with E-state index in [-0.39, 0.29) is 46.8 Å². The molecule has 4 aromatic rings. The van der Waals surface area contributed by atoms with E-state index in [9.17, 15) is 14.3 Å². The largest absolute Gasteiger partial charge is 0.508 e. The van der Waals surface area contributed by atoms with Gasteiger partial charge in [0.1, 0.15) is 29.7 Å². The second-order valence-corrected chi connectivity index (χ2v) is 12.9. The van der Waals surface area contributed by atoms with Crippen LogP contribution < -0.4 is 4.74 Å². The molecular formula is C34H33F2N5O3. The molecule has 2 aromatic heterocycles. The fourth-order valence-electron chi connectivity index (χ4n) is 8.16. The minimum atomic E-state index is -0.898. The lowest BCUT2D eigenvalue weighted by Gasteiger charge is -2.32. The number of aromatic nitrogens is 3. The van der Waals surface area contributed by atoms with E-state index in [4.69, 9.17) is 9.72 Å². The fourth-order valence-corrected chi connectivity index (χ4v) is 8.16. The Hall–Kier alpha value is -4.18. The molecule has 0 spiro atoms. The molecule has 3 saturated heterocycles. The maximum Gasteiger partial charge on any atom is 0.317 e. The first-order valence-electron chi connectivity index (χ1n) is 15.3. The third-order valence-corrected chi connectivity index (χ3v) is 10.5. The third-order valence-electron chi connectivity index (χ3n) is 10.5. The number of halogens is 2. The van der Waals surface area contributed by atoms with E-state index < -0.39 is 17.5 Å². The topological polar surface area (TPSA) is 91.7 Å². The number of carbonyl (C=O) groups is 1. The number of phenolic OH excluding ortho intramolecular Hbond substituents is 1. The van der Waals surface area contributed by atoms with Gasteiger partial charge in [0.05, 0.1) is 11.2 Å². The fraction of sp³-hybridized carbons (Fsp3) is 0.412. The van der Waals surface area contributed by atoms with E-state index in [0.29, 0.717) is 49.1 Å². The maximum atomic E-state index is 16.7. The van der Waals surface area contributed by atoms with Gasteiger partial charge in [0.25, 0.3) is 0 Å². The van der Waals surface area contributed by atoms with Crippen molar-refractivity contribution in [2.24, 2.45) is 5.92 Å². The van der Waals surface area contributed by atoms with E-state index >= 15 is 4.39 Å². The number of rotatable bonds is 6. The zero-order valence-electron chi connectivity index (χ0n) is 24.3. The van der Waals surface area contributed by atoms with Crippen molar-refractivity contribution in [1.82, 2.24) is 24.8 Å². The van der Waals surface area contributed by atoms with Gasteiger partial charge in [-0.05, 0) is 67.1 Å². The highest BCUT2D eigenvalue weighted by Crippen LogP contribution is 2.60. The number of hydrogen-bond acceptors (Lipinski definition) is 7. The van der Waals surface area contributed by atoms with Crippen molar-refractivity contribution in [3.8, 4) is 23.0 Å². The summed E-state index contributed by atoms with van der Waals surface area (Å²) in [6.45, 7) is 6.21. The Morgan fingerprint density at radius 2 is 2.00 bits per heavy atom. The molecule has 2 unspecified atom stereocenters. The molecule has 4 atom stereocenters. The highest BCUT2D eigenvalue weighted by atomic mass is 19.1. The molecule has 4 aliphatic rings. The zero-order chi connectivity index (χ0) is 30.2.